The van der Waals surface area contributed by atoms with Crippen molar-refractivity contribution >= 4 is 45.9 Å². The quantitative estimate of drug-likeness (QED) is 0.116. The highest BCUT2D eigenvalue weighted by atomic mass is 35.5. The van der Waals surface area contributed by atoms with Crippen molar-refractivity contribution in [3.8, 4) is 0 Å². The molecule has 3 fully saturated rings. The molecule has 234 valence electrons. The van der Waals surface area contributed by atoms with E-state index in [1.165, 1.54) is 5.57 Å². The van der Waals surface area contributed by atoms with Gasteiger partial charge in [0.25, 0.3) is 0 Å². The summed E-state index contributed by atoms with van der Waals surface area (Å²) in [6.45, 7) is 8.55. The average molecular weight is 652 g/mol. The van der Waals surface area contributed by atoms with Crippen LogP contribution in [0.25, 0.3) is 0 Å². The molecule has 44 heavy (non-hydrogen) atoms. The molecule has 9 atom stereocenters. The minimum atomic E-state index is -1.16. The average Bonchev–Trinajstić information content (AvgIpc) is 3.28. The number of rotatable bonds is 8. The summed E-state index contributed by atoms with van der Waals surface area (Å²) in [6, 6.07) is 15.6. The summed E-state index contributed by atoms with van der Waals surface area (Å²) in [5.74, 6) is 0.802. The van der Waals surface area contributed by atoms with E-state index < -0.39 is 29.8 Å². The molecule has 2 aromatic rings. The number of alkyl halides is 1. The summed E-state index contributed by atoms with van der Waals surface area (Å²) in [5, 5.41) is 23.2. The molecule has 3 saturated carbocycles. The number of anilines is 1. The predicted octanol–water partition coefficient (Wildman–Crippen LogP) is 7.89. The Labute approximate surface area is 274 Å². The molecular weight excluding hydrogens is 610 g/mol. The topological polar surface area (TPSA) is 92.8 Å². The molecule has 2 aromatic carbocycles. The summed E-state index contributed by atoms with van der Waals surface area (Å²) in [5.41, 5.74) is 10.00. The zero-order chi connectivity index (χ0) is 31.2. The van der Waals surface area contributed by atoms with Crippen LogP contribution >= 0.6 is 35.1 Å². The number of aliphatic hydroxyl groups is 2. The van der Waals surface area contributed by atoms with E-state index in [4.69, 9.17) is 22.1 Å². The number of halogens is 1. The lowest BCUT2D eigenvalue weighted by Crippen LogP contribution is -2.56. The van der Waals surface area contributed by atoms with Gasteiger partial charge in [-0.1, -0.05) is 80.3 Å². The number of carbonyl (C=O) groups is 1. The Morgan fingerprint density at radius 2 is 1.91 bits per heavy atom. The number of ether oxygens (including phenoxy) is 1. The lowest BCUT2D eigenvalue weighted by molar-refractivity contribution is -0.161. The second kappa shape index (κ2) is 12.7. The van der Waals surface area contributed by atoms with Crippen LogP contribution in [0.15, 0.2) is 89.4 Å². The second-order valence-corrected chi connectivity index (χ2v) is 16.0. The molecule has 0 saturated heterocycles. The van der Waals surface area contributed by atoms with Crippen molar-refractivity contribution < 1.29 is 19.7 Å². The van der Waals surface area contributed by atoms with Crippen LogP contribution < -0.4 is 5.73 Å². The number of nitrogens with two attached hydrogens (primary N) is 1. The number of hydrogen-bond donors (Lipinski definition) is 3. The van der Waals surface area contributed by atoms with Crippen molar-refractivity contribution in [3.05, 3.63) is 95.6 Å². The van der Waals surface area contributed by atoms with E-state index in [1.807, 2.05) is 48.5 Å². The maximum atomic E-state index is 13.7. The van der Waals surface area contributed by atoms with E-state index in [9.17, 15) is 15.0 Å². The SMILES string of the molecule is C=C1C=CC2(C)C(=C1)CCC1C2C(O)CC2(C)C1C[C@@H](O[C@H](O)c1ccc(CSc3ccc(N)cc3)cc1)C2C(=O)SCCl. The fraction of sp³-hybridized carbons (Fsp3) is 0.472. The lowest BCUT2D eigenvalue weighted by atomic mass is 9.47. The van der Waals surface area contributed by atoms with Gasteiger partial charge in [-0.25, -0.2) is 0 Å². The molecule has 0 spiro atoms. The third kappa shape index (κ3) is 5.85. The monoisotopic (exact) mass is 651 g/mol. The van der Waals surface area contributed by atoms with Crippen LogP contribution in [0, 0.1) is 34.5 Å². The number of aliphatic hydroxyl groups excluding tert-OH is 2. The first-order valence-electron chi connectivity index (χ1n) is 15.4. The van der Waals surface area contributed by atoms with Crippen molar-refractivity contribution in [2.45, 2.75) is 68.7 Å². The lowest BCUT2D eigenvalue weighted by Gasteiger charge is -2.58. The molecular formula is C36H42ClNO4S2. The minimum Gasteiger partial charge on any atom is -0.399 e. The van der Waals surface area contributed by atoms with Crippen molar-refractivity contribution in [1.29, 1.82) is 0 Å². The van der Waals surface area contributed by atoms with Gasteiger partial charge in [-0.05, 0) is 78.3 Å². The van der Waals surface area contributed by atoms with Gasteiger partial charge in [0.1, 0.15) is 0 Å². The zero-order valence-electron chi connectivity index (χ0n) is 25.3. The van der Waals surface area contributed by atoms with Gasteiger partial charge in [0.15, 0.2) is 11.4 Å². The number of nitrogen functional groups attached to an aromatic ring is 1. The molecule has 4 N–H and O–H groups in total. The summed E-state index contributed by atoms with van der Waals surface area (Å²) < 4.78 is 6.42. The summed E-state index contributed by atoms with van der Waals surface area (Å²) >= 11 is 8.88. The minimum absolute atomic E-state index is 0.0145. The molecule has 0 bridgehead atoms. The number of thioether (sulfide) groups is 2. The Hall–Kier alpha value is -2.00. The fourth-order valence-electron chi connectivity index (χ4n) is 8.85. The Morgan fingerprint density at radius 3 is 2.61 bits per heavy atom. The molecule has 6 rings (SSSR count). The fourth-order valence-corrected chi connectivity index (χ4v) is 10.7. The summed E-state index contributed by atoms with van der Waals surface area (Å²) in [4.78, 5) is 14.8. The van der Waals surface area contributed by atoms with E-state index in [-0.39, 0.29) is 33.5 Å². The van der Waals surface area contributed by atoms with E-state index >= 15 is 0 Å². The number of allylic oxidation sites excluding steroid dienone is 5. The van der Waals surface area contributed by atoms with Crippen LogP contribution in [0.3, 0.4) is 0 Å². The van der Waals surface area contributed by atoms with Gasteiger partial charge in [-0.3, -0.25) is 4.79 Å². The molecule has 0 heterocycles. The van der Waals surface area contributed by atoms with E-state index in [1.54, 1.807) is 11.8 Å². The molecule has 0 amide bonds. The van der Waals surface area contributed by atoms with E-state index in [2.05, 4.69) is 38.7 Å². The highest BCUT2D eigenvalue weighted by Gasteiger charge is 2.65. The van der Waals surface area contributed by atoms with Gasteiger partial charge < -0.3 is 20.7 Å². The molecule has 0 radical (unpaired) electrons. The highest BCUT2D eigenvalue weighted by molar-refractivity contribution is 8.14. The van der Waals surface area contributed by atoms with Crippen LogP contribution in [0.1, 0.15) is 56.9 Å². The van der Waals surface area contributed by atoms with Crippen molar-refractivity contribution in [1.82, 2.24) is 0 Å². The van der Waals surface area contributed by atoms with Crippen LogP contribution in [-0.2, 0) is 15.3 Å². The van der Waals surface area contributed by atoms with Gasteiger partial charge in [0, 0.05) is 33.2 Å². The van der Waals surface area contributed by atoms with Crippen LogP contribution in [0.5, 0.6) is 0 Å². The first-order valence-corrected chi connectivity index (χ1v) is 17.9. The van der Waals surface area contributed by atoms with Crippen LogP contribution in [0.4, 0.5) is 5.69 Å². The third-order valence-corrected chi connectivity index (χ3v) is 13.0. The number of benzene rings is 2. The summed E-state index contributed by atoms with van der Waals surface area (Å²) in [7, 11) is 0. The second-order valence-electron chi connectivity index (χ2n) is 13.4. The van der Waals surface area contributed by atoms with Crippen molar-refractivity contribution in [2.24, 2.45) is 34.5 Å². The Kier molecular flexibility index (Phi) is 9.19. The van der Waals surface area contributed by atoms with Crippen molar-refractivity contribution in [2.75, 3.05) is 10.9 Å². The van der Waals surface area contributed by atoms with Crippen LogP contribution in [-0.4, -0.2) is 32.7 Å². The largest absolute Gasteiger partial charge is 0.399 e. The van der Waals surface area contributed by atoms with Gasteiger partial charge in [0.2, 0.25) is 0 Å². The predicted molar refractivity (Wildman–Crippen MR) is 181 cm³/mol. The smallest absolute Gasteiger partial charge is 0.196 e. The molecule has 5 nitrogen and oxygen atoms in total. The molecule has 0 aromatic heterocycles. The number of hydrogen-bond acceptors (Lipinski definition) is 7. The molecule has 0 aliphatic heterocycles. The maximum absolute atomic E-state index is 13.7. The first kappa shape index (κ1) is 32.0. The van der Waals surface area contributed by atoms with Gasteiger partial charge in [-0.15, -0.1) is 23.4 Å². The first-order chi connectivity index (χ1) is 21.0. The number of carbonyl (C=O) groups excluding carboxylic acids is 1. The van der Waals surface area contributed by atoms with E-state index in [0.29, 0.717) is 18.4 Å². The van der Waals surface area contributed by atoms with Crippen molar-refractivity contribution in [3.63, 3.8) is 0 Å². The van der Waals surface area contributed by atoms with Gasteiger partial charge in [0.05, 0.1) is 23.3 Å². The Morgan fingerprint density at radius 1 is 1.18 bits per heavy atom. The van der Waals surface area contributed by atoms with Gasteiger partial charge in [-0.2, -0.15) is 0 Å². The molecule has 4 aliphatic carbocycles. The Bertz CT molecular complexity index is 1460. The normalized spacial score (nSPS) is 34.9. The maximum Gasteiger partial charge on any atom is 0.196 e. The van der Waals surface area contributed by atoms with E-state index in [0.717, 1.165) is 52.1 Å². The highest BCUT2D eigenvalue weighted by Crippen LogP contribution is 2.67. The summed E-state index contributed by atoms with van der Waals surface area (Å²) in [6.07, 6.45) is 7.43. The molecule has 8 heteroatoms. The standard InChI is InChI=1S/C36H42ClNO4S2/c1-21-14-15-35(2)24(16-21)8-13-27-28-17-30(32(34(41)44-20-37)36(28,3)18-29(39)31(27)35)42-33(40)23-6-4-22(5-7-23)19-43-26-11-9-25(38)10-12-26/h4-7,9-12,14-16,27-33,39-40H,1,8,13,17-20,38H2,2-3H3/t27?,28?,29?,30-,31?,32?,33+,35?,36?/m1/s1. The zero-order valence-corrected chi connectivity index (χ0v) is 27.7. The number of fused-ring (bicyclic) bond motifs is 5. The van der Waals surface area contributed by atoms with Gasteiger partial charge >= 0.3 is 0 Å². The Balaban J connectivity index is 1.21. The molecule has 4 aliphatic rings. The molecule has 7 unspecified atom stereocenters. The third-order valence-electron chi connectivity index (χ3n) is 10.9. The van der Waals surface area contributed by atoms with Crippen LogP contribution in [0.2, 0.25) is 0 Å².